The molecule has 0 saturated heterocycles. The van der Waals surface area contributed by atoms with E-state index in [4.69, 9.17) is 15.4 Å². The number of rotatable bonds is 5. The molecule has 0 saturated carbocycles. The van der Waals surface area contributed by atoms with E-state index in [2.05, 4.69) is 49.4 Å². The number of fused-ring (bicyclic) bond motifs is 2. The summed E-state index contributed by atoms with van der Waals surface area (Å²) >= 11 is 2.29. The lowest BCUT2D eigenvalue weighted by atomic mass is 9.96. The van der Waals surface area contributed by atoms with Gasteiger partial charge in [0.2, 0.25) is 0 Å². The summed E-state index contributed by atoms with van der Waals surface area (Å²) in [6.45, 7) is 6.72. The fourth-order valence-electron chi connectivity index (χ4n) is 4.09. The minimum Gasteiger partial charge on any atom is -0.365 e. The zero-order valence-electron chi connectivity index (χ0n) is 20.6. The number of carbonyl (C=O) groups is 2. The third kappa shape index (κ3) is 5.08. The number of nitrogens with two attached hydrogens (primary N) is 1. The molecule has 2 aromatic heterocycles. The van der Waals surface area contributed by atoms with E-state index in [9.17, 15) is 9.59 Å². The average molecular weight is 611 g/mol. The molecule has 0 atom stereocenters. The van der Waals surface area contributed by atoms with Crippen LogP contribution in [-0.2, 0) is 24.9 Å². The molecule has 0 fully saturated rings. The number of nitrogens with one attached hydrogen (secondary N) is 2. The number of hydrogen-bond donors (Lipinski definition) is 3. The quantitative estimate of drug-likeness (QED) is 0.288. The first-order valence-corrected chi connectivity index (χ1v) is 12.9. The van der Waals surface area contributed by atoms with Gasteiger partial charge in [-0.15, -0.1) is 0 Å². The average Bonchev–Trinajstić information content (AvgIpc) is 3.45. The summed E-state index contributed by atoms with van der Waals surface area (Å²) in [6.07, 6.45) is 0.779. The van der Waals surface area contributed by atoms with E-state index >= 15 is 0 Å². The summed E-state index contributed by atoms with van der Waals surface area (Å²) in [7, 11) is 0. The molecule has 4 N–H and O–H groups in total. The number of aryl methyl sites for hydroxylation is 2. The third-order valence-corrected chi connectivity index (χ3v) is 6.75. The molecule has 190 valence electrons. The van der Waals surface area contributed by atoms with E-state index in [0.29, 0.717) is 29.4 Å². The van der Waals surface area contributed by atoms with Gasteiger partial charge in [-0.2, -0.15) is 10.1 Å². The molecular weight excluding hydrogens is 585 g/mol. The minimum atomic E-state index is -0.553. The summed E-state index contributed by atoms with van der Waals surface area (Å²) in [6, 6.07) is 13.6. The maximum absolute atomic E-state index is 12.5. The highest BCUT2D eigenvalue weighted by Gasteiger charge is 2.26. The molecule has 0 bridgehead atoms. The van der Waals surface area contributed by atoms with E-state index in [1.165, 1.54) is 0 Å². The highest BCUT2D eigenvalue weighted by atomic mass is 127. The SMILES string of the molecule is CC(C)(C)c1noc(C(=O)NCc2ccc(-c3nn4c(c3C(N)=O)Nc3ccc(I)cc3CC4)cc2)n1. The smallest absolute Gasteiger partial charge is 0.315 e. The predicted octanol–water partition coefficient (Wildman–Crippen LogP) is 4.16. The highest BCUT2D eigenvalue weighted by Crippen LogP contribution is 2.34. The minimum absolute atomic E-state index is 0.0732. The first kappa shape index (κ1) is 24.9. The van der Waals surface area contributed by atoms with Crippen LogP contribution in [0, 0.1) is 3.57 Å². The molecule has 0 radical (unpaired) electrons. The summed E-state index contributed by atoms with van der Waals surface area (Å²) < 4.78 is 8.04. The number of benzene rings is 2. The fraction of sp³-hybridized carbons (Fsp3) is 0.269. The number of aromatic nitrogens is 4. The van der Waals surface area contributed by atoms with Crippen LogP contribution >= 0.6 is 22.6 Å². The van der Waals surface area contributed by atoms with Crippen LogP contribution in [-0.4, -0.2) is 31.7 Å². The van der Waals surface area contributed by atoms with Gasteiger partial charge in [0.15, 0.2) is 5.82 Å². The van der Waals surface area contributed by atoms with E-state index in [1.54, 1.807) is 4.68 Å². The molecule has 2 amide bonds. The van der Waals surface area contributed by atoms with Gasteiger partial charge in [0.1, 0.15) is 17.1 Å². The predicted molar refractivity (Wildman–Crippen MR) is 146 cm³/mol. The second-order valence-corrected chi connectivity index (χ2v) is 11.1. The molecule has 37 heavy (non-hydrogen) atoms. The maximum atomic E-state index is 12.5. The van der Waals surface area contributed by atoms with Gasteiger partial charge in [-0.05, 0) is 58.3 Å². The summed E-state index contributed by atoms with van der Waals surface area (Å²) in [5.41, 5.74) is 10.1. The summed E-state index contributed by atoms with van der Waals surface area (Å²) in [5.74, 6) is -0.00686. The van der Waals surface area contributed by atoms with Gasteiger partial charge in [0.25, 0.3) is 5.91 Å². The molecule has 4 aromatic rings. The van der Waals surface area contributed by atoms with Crippen molar-refractivity contribution in [2.45, 2.75) is 45.7 Å². The van der Waals surface area contributed by atoms with Gasteiger partial charge in [0.05, 0.1) is 0 Å². The van der Waals surface area contributed by atoms with Crippen molar-refractivity contribution in [3.63, 3.8) is 0 Å². The molecule has 5 rings (SSSR count). The molecular formula is C26H26IN7O3. The standard InChI is InChI=1S/C26H26IN7O3/c1-26(2,3)25-31-24(37-33-25)23(36)29-13-14-4-6-15(7-5-14)20-19(21(28)35)22-30-18-9-8-17(27)12-16(18)10-11-34(22)32-20/h4-9,12,30H,10-11,13H2,1-3H3,(H2,28,35)(H,29,36). The van der Waals surface area contributed by atoms with Crippen molar-refractivity contribution >= 4 is 45.9 Å². The van der Waals surface area contributed by atoms with Crippen molar-refractivity contribution in [2.24, 2.45) is 5.73 Å². The van der Waals surface area contributed by atoms with Crippen molar-refractivity contribution in [1.82, 2.24) is 25.2 Å². The first-order chi connectivity index (χ1) is 17.6. The Kier molecular flexibility index (Phi) is 6.48. The lowest BCUT2D eigenvalue weighted by Crippen LogP contribution is -2.23. The monoisotopic (exact) mass is 611 g/mol. The van der Waals surface area contributed by atoms with Crippen molar-refractivity contribution in [3.05, 3.63) is 74.4 Å². The van der Waals surface area contributed by atoms with E-state index < -0.39 is 11.8 Å². The van der Waals surface area contributed by atoms with E-state index in [0.717, 1.165) is 32.4 Å². The van der Waals surface area contributed by atoms with Gasteiger partial charge in [-0.3, -0.25) is 9.59 Å². The van der Waals surface area contributed by atoms with Gasteiger partial charge >= 0.3 is 11.8 Å². The van der Waals surface area contributed by atoms with Crippen molar-refractivity contribution in [1.29, 1.82) is 0 Å². The molecule has 0 aliphatic carbocycles. The van der Waals surface area contributed by atoms with Crippen LogP contribution in [0.1, 0.15) is 58.8 Å². The number of nitrogens with zero attached hydrogens (tertiary/aromatic N) is 4. The van der Waals surface area contributed by atoms with Gasteiger partial charge in [-0.1, -0.05) is 50.2 Å². The normalized spacial score (nSPS) is 12.8. The number of carbonyl (C=O) groups excluding carboxylic acids is 2. The Morgan fingerprint density at radius 2 is 1.95 bits per heavy atom. The van der Waals surface area contributed by atoms with Crippen LogP contribution < -0.4 is 16.4 Å². The first-order valence-electron chi connectivity index (χ1n) is 11.8. The lowest BCUT2D eigenvalue weighted by Gasteiger charge is -2.10. The molecule has 10 nitrogen and oxygen atoms in total. The Bertz CT molecular complexity index is 1500. The Balaban J connectivity index is 1.34. The number of anilines is 2. The Morgan fingerprint density at radius 1 is 1.19 bits per heavy atom. The largest absolute Gasteiger partial charge is 0.365 e. The van der Waals surface area contributed by atoms with Gasteiger partial charge in [-0.25, -0.2) is 4.68 Å². The second kappa shape index (κ2) is 9.61. The summed E-state index contributed by atoms with van der Waals surface area (Å²) in [4.78, 5) is 29.1. The number of primary amides is 1. The lowest BCUT2D eigenvalue weighted by molar-refractivity contribution is 0.0906. The van der Waals surface area contributed by atoms with Crippen LogP contribution in [0.5, 0.6) is 0 Å². The van der Waals surface area contributed by atoms with Crippen molar-refractivity contribution in [3.8, 4) is 11.3 Å². The fourth-order valence-corrected chi connectivity index (χ4v) is 4.65. The molecule has 11 heteroatoms. The van der Waals surface area contributed by atoms with Crippen molar-refractivity contribution in [2.75, 3.05) is 5.32 Å². The van der Waals surface area contributed by atoms with Gasteiger partial charge < -0.3 is 20.9 Å². The summed E-state index contributed by atoms with van der Waals surface area (Å²) in [5, 5.41) is 14.8. The van der Waals surface area contributed by atoms with Crippen LogP contribution in [0.3, 0.4) is 0 Å². The van der Waals surface area contributed by atoms with Crippen LogP contribution in [0.4, 0.5) is 11.5 Å². The van der Waals surface area contributed by atoms with Crippen LogP contribution in [0.2, 0.25) is 0 Å². The molecule has 0 spiro atoms. The van der Waals surface area contributed by atoms with E-state index in [-0.39, 0.29) is 17.9 Å². The molecule has 1 aliphatic heterocycles. The molecule has 3 heterocycles. The number of halogens is 1. The zero-order chi connectivity index (χ0) is 26.3. The third-order valence-electron chi connectivity index (χ3n) is 6.08. The number of amides is 2. The van der Waals surface area contributed by atoms with Gasteiger partial charge in [0, 0.05) is 33.3 Å². The second-order valence-electron chi connectivity index (χ2n) is 9.89. The van der Waals surface area contributed by atoms with E-state index in [1.807, 2.05) is 57.2 Å². The van der Waals surface area contributed by atoms with Crippen LogP contribution in [0.25, 0.3) is 11.3 Å². The van der Waals surface area contributed by atoms with Crippen LogP contribution in [0.15, 0.2) is 47.0 Å². The molecule has 0 unspecified atom stereocenters. The highest BCUT2D eigenvalue weighted by molar-refractivity contribution is 14.1. The number of hydrogen-bond acceptors (Lipinski definition) is 7. The topological polar surface area (TPSA) is 141 Å². The maximum Gasteiger partial charge on any atom is 0.315 e. The Labute approximate surface area is 227 Å². The zero-order valence-corrected chi connectivity index (χ0v) is 22.8. The molecule has 1 aliphatic rings. The Hall–Kier alpha value is -3.74. The van der Waals surface area contributed by atoms with Crippen molar-refractivity contribution < 1.29 is 14.1 Å². The Morgan fingerprint density at radius 3 is 2.62 bits per heavy atom. The molecule has 2 aromatic carbocycles.